The molecule has 1 aromatic rings. The maximum Gasteiger partial charge on any atom is 0.309 e. The lowest BCUT2D eigenvalue weighted by Gasteiger charge is -2.16. The standard InChI is InChI=1S/C13H16O2/c1-15-13(14)9-10-6-7-11-4-2-3-5-12(11)8-10/h6-8H,2-5,9H2,1H3. The van der Waals surface area contributed by atoms with Gasteiger partial charge in [0.05, 0.1) is 13.5 Å². The SMILES string of the molecule is COC(=O)Cc1ccc2c(c1)CCCC2. The van der Waals surface area contributed by atoms with Gasteiger partial charge in [-0.2, -0.15) is 0 Å². The molecule has 1 aliphatic rings. The molecule has 1 aliphatic carbocycles. The molecule has 0 saturated heterocycles. The van der Waals surface area contributed by atoms with Crippen LogP contribution < -0.4 is 0 Å². The van der Waals surface area contributed by atoms with Crippen LogP contribution in [0.1, 0.15) is 29.5 Å². The summed E-state index contributed by atoms with van der Waals surface area (Å²) in [5.41, 5.74) is 3.94. The number of methoxy groups -OCH3 is 1. The van der Waals surface area contributed by atoms with E-state index in [2.05, 4.69) is 16.9 Å². The molecule has 0 radical (unpaired) electrons. The fourth-order valence-electron chi connectivity index (χ4n) is 2.14. The maximum atomic E-state index is 11.1. The molecule has 0 aromatic heterocycles. The molecule has 15 heavy (non-hydrogen) atoms. The van der Waals surface area contributed by atoms with Crippen molar-refractivity contribution in [1.29, 1.82) is 0 Å². The summed E-state index contributed by atoms with van der Waals surface area (Å²) in [5, 5.41) is 0. The lowest BCUT2D eigenvalue weighted by molar-refractivity contribution is -0.139. The molecule has 0 aliphatic heterocycles. The van der Waals surface area contributed by atoms with Crippen LogP contribution in [0.3, 0.4) is 0 Å². The van der Waals surface area contributed by atoms with Crippen molar-refractivity contribution < 1.29 is 9.53 Å². The molecule has 0 spiro atoms. The lowest BCUT2D eigenvalue weighted by Crippen LogP contribution is -2.07. The van der Waals surface area contributed by atoms with Gasteiger partial charge in [-0.05, 0) is 42.4 Å². The predicted octanol–water partition coefficient (Wildman–Crippen LogP) is 2.28. The van der Waals surface area contributed by atoms with Crippen molar-refractivity contribution in [3.05, 3.63) is 34.9 Å². The van der Waals surface area contributed by atoms with Gasteiger partial charge in [-0.3, -0.25) is 4.79 Å². The molecular weight excluding hydrogens is 188 g/mol. The van der Waals surface area contributed by atoms with E-state index < -0.39 is 0 Å². The Morgan fingerprint density at radius 3 is 2.73 bits per heavy atom. The van der Waals surface area contributed by atoms with E-state index in [1.54, 1.807) is 0 Å². The third-order valence-electron chi connectivity index (χ3n) is 2.99. The van der Waals surface area contributed by atoms with E-state index in [1.807, 2.05) is 6.07 Å². The van der Waals surface area contributed by atoms with Crippen LogP contribution in [0.5, 0.6) is 0 Å². The molecular formula is C13H16O2. The van der Waals surface area contributed by atoms with E-state index in [-0.39, 0.29) is 5.97 Å². The quantitative estimate of drug-likeness (QED) is 0.691. The largest absolute Gasteiger partial charge is 0.469 e. The summed E-state index contributed by atoms with van der Waals surface area (Å²) in [5.74, 6) is -0.161. The molecule has 80 valence electrons. The highest BCUT2D eigenvalue weighted by atomic mass is 16.5. The molecule has 0 amide bonds. The number of esters is 1. The van der Waals surface area contributed by atoms with Gasteiger partial charge in [-0.15, -0.1) is 0 Å². The molecule has 0 unspecified atom stereocenters. The minimum absolute atomic E-state index is 0.161. The zero-order valence-corrected chi connectivity index (χ0v) is 9.08. The first-order chi connectivity index (χ1) is 7.29. The van der Waals surface area contributed by atoms with Gasteiger partial charge in [0.15, 0.2) is 0 Å². The first-order valence-corrected chi connectivity index (χ1v) is 5.47. The summed E-state index contributed by atoms with van der Waals surface area (Å²) in [7, 11) is 1.43. The van der Waals surface area contributed by atoms with E-state index in [4.69, 9.17) is 0 Å². The van der Waals surface area contributed by atoms with Gasteiger partial charge in [0.2, 0.25) is 0 Å². The van der Waals surface area contributed by atoms with Gasteiger partial charge in [0, 0.05) is 0 Å². The highest BCUT2D eigenvalue weighted by Crippen LogP contribution is 2.22. The number of aryl methyl sites for hydroxylation is 2. The zero-order chi connectivity index (χ0) is 10.7. The monoisotopic (exact) mass is 204 g/mol. The first-order valence-electron chi connectivity index (χ1n) is 5.47. The van der Waals surface area contributed by atoms with Crippen molar-refractivity contribution in [3.63, 3.8) is 0 Å². The molecule has 0 fully saturated rings. The third-order valence-corrected chi connectivity index (χ3v) is 2.99. The van der Waals surface area contributed by atoms with Crippen molar-refractivity contribution in [2.24, 2.45) is 0 Å². The molecule has 1 aromatic carbocycles. The highest BCUT2D eigenvalue weighted by Gasteiger charge is 2.10. The summed E-state index contributed by atoms with van der Waals surface area (Å²) in [6.07, 6.45) is 5.31. The van der Waals surface area contributed by atoms with Crippen molar-refractivity contribution in [2.75, 3.05) is 7.11 Å². The Bertz CT molecular complexity index is 369. The smallest absolute Gasteiger partial charge is 0.309 e. The van der Waals surface area contributed by atoms with Gasteiger partial charge in [0.1, 0.15) is 0 Å². The number of ether oxygens (including phenoxy) is 1. The summed E-state index contributed by atoms with van der Waals surface area (Å²) in [6, 6.07) is 6.36. The number of benzene rings is 1. The number of hydrogen-bond acceptors (Lipinski definition) is 2. The Kier molecular flexibility index (Phi) is 3.05. The van der Waals surface area contributed by atoms with Gasteiger partial charge in [-0.25, -0.2) is 0 Å². The van der Waals surface area contributed by atoms with Crippen molar-refractivity contribution in [3.8, 4) is 0 Å². The highest BCUT2D eigenvalue weighted by molar-refractivity contribution is 5.72. The van der Waals surface area contributed by atoms with Crippen LogP contribution in [-0.2, 0) is 28.8 Å². The van der Waals surface area contributed by atoms with E-state index in [9.17, 15) is 4.79 Å². The van der Waals surface area contributed by atoms with Crippen LogP contribution in [0, 0.1) is 0 Å². The normalized spacial score (nSPS) is 14.5. The Hall–Kier alpha value is -1.31. The van der Waals surface area contributed by atoms with Crippen LogP contribution in [0.15, 0.2) is 18.2 Å². The number of carbonyl (C=O) groups excluding carboxylic acids is 1. The second kappa shape index (κ2) is 4.47. The Balaban J connectivity index is 2.17. The number of rotatable bonds is 2. The van der Waals surface area contributed by atoms with E-state index in [0.717, 1.165) is 12.0 Å². The number of carbonyl (C=O) groups is 1. The molecule has 0 atom stereocenters. The minimum atomic E-state index is -0.161. The number of fused-ring (bicyclic) bond motifs is 1. The van der Waals surface area contributed by atoms with Crippen LogP contribution in [0.25, 0.3) is 0 Å². The summed E-state index contributed by atoms with van der Waals surface area (Å²) in [6.45, 7) is 0. The van der Waals surface area contributed by atoms with Crippen LogP contribution >= 0.6 is 0 Å². The van der Waals surface area contributed by atoms with Gasteiger partial charge < -0.3 is 4.74 Å². The summed E-state index contributed by atoms with van der Waals surface area (Å²) in [4.78, 5) is 11.1. The molecule has 2 heteroatoms. The molecule has 0 bridgehead atoms. The average molecular weight is 204 g/mol. The Labute approximate surface area is 90.3 Å². The van der Waals surface area contributed by atoms with E-state index >= 15 is 0 Å². The molecule has 0 saturated carbocycles. The van der Waals surface area contributed by atoms with E-state index in [0.29, 0.717) is 6.42 Å². The van der Waals surface area contributed by atoms with Crippen molar-refractivity contribution in [1.82, 2.24) is 0 Å². The zero-order valence-electron chi connectivity index (χ0n) is 9.08. The van der Waals surface area contributed by atoms with Gasteiger partial charge in [-0.1, -0.05) is 18.2 Å². The van der Waals surface area contributed by atoms with Gasteiger partial charge in [0.25, 0.3) is 0 Å². The molecule has 0 heterocycles. The van der Waals surface area contributed by atoms with Crippen molar-refractivity contribution in [2.45, 2.75) is 32.1 Å². The summed E-state index contributed by atoms with van der Waals surface area (Å²) < 4.78 is 4.66. The first kappa shape index (κ1) is 10.2. The third kappa shape index (κ3) is 2.38. The molecule has 2 rings (SSSR count). The Morgan fingerprint density at radius 2 is 2.00 bits per heavy atom. The fraction of sp³-hybridized carbons (Fsp3) is 0.462. The number of hydrogen-bond donors (Lipinski definition) is 0. The van der Waals surface area contributed by atoms with E-state index in [1.165, 1.54) is 37.5 Å². The van der Waals surface area contributed by atoms with Crippen molar-refractivity contribution >= 4 is 5.97 Å². The second-order valence-electron chi connectivity index (χ2n) is 4.06. The molecule has 2 nitrogen and oxygen atoms in total. The predicted molar refractivity (Wildman–Crippen MR) is 58.8 cm³/mol. The van der Waals surface area contributed by atoms with Gasteiger partial charge >= 0.3 is 5.97 Å². The second-order valence-corrected chi connectivity index (χ2v) is 4.06. The fourth-order valence-corrected chi connectivity index (χ4v) is 2.14. The molecule has 0 N–H and O–H groups in total. The topological polar surface area (TPSA) is 26.3 Å². The summed E-state index contributed by atoms with van der Waals surface area (Å²) >= 11 is 0. The maximum absolute atomic E-state index is 11.1. The lowest BCUT2D eigenvalue weighted by atomic mass is 9.90. The Morgan fingerprint density at radius 1 is 1.27 bits per heavy atom. The van der Waals surface area contributed by atoms with Crippen LogP contribution in [0.2, 0.25) is 0 Å². The average Bonchev–Trinajstić information content (AvgIpc) is 2.29. The van der Waals surface area contributed by atoms with Crippen LogP contribution in [-0.4, -0.2) is 13.1 Å². The minimum Gasteiger partial charge on any atom is -0.469 e. The van der Waals surface area contributed by atoms with Crippen LogP contribution in [0.4, 0.5) is 0 Å².